The summed E-state index contributed by atoms with van der Waals surface area (Å²) in [5, 5.41) is 20.2. The Morgan fingerprint density at radius 3 is 2.33 bits per heavy atom. The van der Waals surface area contributed by atoms with Gasteiger partial charge in [0.15, 0.2) is 5.78 Å². The number of benzene rings is 3. The monoisotopic (exact) mass is 603 g/mol. The van der Waals surface area contributed by atoms with Gasteiger partial charge in [-0.25, -0.2) is 0 Å². The molecular weight excluding hydrogens is 570 g/mol. The lowest BCUT2D eigenvalue weighted by Gasteiger charge is -2.12. The van der Waals surface area contributed by atoms with Crippen LogP contribution in [0.5, 0.6) is 11.5 Å². The molecule has 1 atom stereocenters. The number of Topliss-reactive ketones (excluding diaryl/α,β-unsaturated/α-hetero) is 1. The second kappa shape index (κ2) is 15.1. The quantitative estimate of drug-likeness (QED) is 0.101. The molecule has 0 bridgehead atoms. The molecule has 2 N–H and O–H groups in total. The fourth-order valence-corrected chi connectivity index (χ4v) is 5.05. The first-order chi connectivity index (χ1) is 20.7. The summed E-state index contributed by atoms with van der Waals surface area (Å²) < 4.78 is 13.6. The van der Waals surface area contributed by atoms with Crippen LogP contribution >= 0.6 is 11.6 Å². The molecular formula is C34H34ClNO7. The van der Waals surface area contributed by atoms with Crippen molar-refractivity contribution >= 4 is 46.3 Å². The maximum atomic E-state index is 12.2. The second-order valence-electron chi connectivity index (χ2n) is 10.1. The average Bonchev–Trinajstić information content (AvgIpc) is 3.39. The predicted molar refractivity (Wildman–Crippen MR) is 166 cm³/mol. The highest BCUT2D eigenvalue weighted by Crippen LogP contribution is 2.30. The van der Waals surface area contributed by atoms with Crippen LogP contribution in [0.4, 0.5) is 0 Å². The molecule has 0 amide bonds. The van der Waals surface area contributed by atoms with Crippen molar-refractivity contribution in [1.29, 1.82) is 0 Å². The van der Waals surface area contributed by atoms with Gasteiger partial charge in [-0.05, 0) is 73.7 Å². The van der Waals surface area contributed by atoms with Crippen LogP contribution in [0.3, 0.4) is 0 Å². The molecule has 0 aliphatic rings. The van der Waals surface area contributed by atoms with E-state index in [0.29, 0.717) is 53.8 Å². The first-order valence-electron chi connectivity index (χ1n) is 14.1. The van der Waals surface area contributed by atoms with Gasteiger partial charge in [0.2, 0.25) is 0 Å². The number of carbonyl (C=O) groups is 3. The minimum Gasteiger partial charge on any atom is -0.494 e. The summed E-state index contributed by atoms with van der Waals surface area (Å²) >= 11 is 6.19. The summed E-state index contributed by atoms with van der Waals surface area (Å²) in [6.07, 6.45) is 7.36. The van der Waals surface area contributed by atoms with Gasteiger partial charge in [-0.15, -0.1) is 0 Å². The number of hydrogen-bond donors (Lipinski definition) is 2. The number of para-hydroxylation sites is 1. The summed E-state index contributed by atoms with van der Waals surface area (Å²) in [7, 11) is 0. The largest absolute Gasteiger partial charge is 0.494 e. The maximum absolute atomic E-state index is 12.2. The van der Waals surface area contributed by atoms with Crippen molar-refractivity contribution in [3.63, 3.8) is 0 Å². The van der Waals surface area contributed by atoms with E-state index in [1.165, 1.54) is 6.92 Å². The smallest absolute Gasteiger partial charge is 0.314 e. The predicted octanol–water partition coefficient (Wildman–Crippen LogP) is 7.48. The van der Waals surface area contributed by atoms with E-state index in [-0.39, 0.29) is 12.2 Å². The highest BCUT2D eigenvalue weighted by atomic mass is 35.5. The number of ketones is 1. The zero-order chi connectivity index (χ0) is 30.8. The highest BCUT2D eigenvalue weighted by molar-refractivity contribution is 6.32. The molecule has 0 saturated heterocycles. The first-order valence-corrected chi connectivity index (χ1v) is 14.5. The Bertz CT molecular complexity index is 1610. The number of rotatable bonds is 16. The molecule has 0 radical (unpaired) electrons. The molecule has 8 nitrogen and oxygen atoms in total. The SMILES string of the molecule is CC(=O)c1cccc(Cl)c1OCCCCOc1ccc(C=CC(C(=O)O)c2cccc3c2ccn3CCCC(=O)O)cc1. The molecule has 9 heteroatoms. The van der Waals surface area contributed by atoms with Crippen molar-refractivity contribution in [2.24, 2.45) is 0 Å². The van der Waals surface area contributed by atoms with Crippen molar-refractivity contribution in [2.45, 2.75) is 45.1 Å². The molecule has 1 unspecified atom stereocenters. The number of unbranched alkanes of at least 4 members (excludes halogenated alkanes) is 1. The van der Waals surface area contributed by atoms with Crippen molar-refractivity contribution in [1.82, 2.24) is 4.57 Å². The third kappa shape index (κ3) is 8.49. The summed E-state index contributed by atoms with van der Waals surface area (Å²) in [4.78, 5) is 34.9. The number of aliphatic carboxylic acids is 2. The van der Waals surface area contributed by atoms with Crippen molar-refractivity contribution < 1.29 is 34.1 Å². The lowest BCUT2D eigenvalue weighted by atomic mass is 9.94. The average molecular weight is 604 g/mol. The van der Waals surface area contributed by atoms with E-state index in [1.54, 1.807) is 30.4 Å². The third-order valence-electron chi connectivity index (χ3n) is 7.00. The van der Waals surface area contributed by atoms with Gasteiger partial charge >= 0.3 is 11.9 Å². The molecule has 1 aromatic heterocycles. The Labute approximate surface area is 255 Å². The van der Waals surface area contributed by atoms with Gasteiger partial charge in [-0.3, -0.25) is 14.4 Å². The number of aryl methyl sites for hydroxylation is 1. The number of carboxylic acids is 2. The van der Waals surface area contributed by atoms with E-state index < -0.39 is 17.9 Å². The van der Waals surface area contributed by atoms with Crippen LogP contribution < -0.4 is 9.47 Å². The minimum atomic E-state index is -0.960. The summed E-state index contributed by atoms with van der Waals surface area (Å²) in [5.74, 6) is -1.64. The number of carbonyl (C=O) groups excluding carboxylic acids is 1. The molecule has 0 aliphatic heterocycles. The Kier molecular flexibility index (Phi) is 11.0. The van der Waals surface area contributed by atoms with Crippen LogP contribution in [0.25, 0.3) is 17.0 Å². The number of ether oxygens (including phenoxy) is 2. The van der Waals surface area contributed by atoms with Gasteiger partial charge in [0.1, 0.15) is 17.4 Å². The normalized spacial score (nSPS) is 12.0. The van der Waals surface area contributed by atoms with E-state index in [2.05, 4.69) is 0 Å². The number of fused-ring (bicyclic) bond motifs is 1. The van der Waals surface area contributed by atoms with Gasteiger partial charge in [-0.2, -0.15) is 0 Å². The Morgan fingerprint density at radius 1 is 0.907 bits per heavy atom. The lowest BCUT2D eigenvalue weighted by molar-refractivity contribution is -0.138. The van der Waals surface area contributed by atoms with E-state index in [9.17, 15) is 19.5 Å². The Hall–Kier alpha value is -4.56. The van der Waals surface area contributed by atoms with Gasteiger partial charge in [0, 0.05) is 30.1 Å². The van der Waals surface area contributed by atoms with Crippen LogP contribution in [0.1, 0.15) is 60.0 Å². The van der Waals surface area contributed by atoms with Crippen molar-refractivity contribution in [3.05, 3.63) is 101 Å². The molecule has 0 saturated carbocycles. The van der Waals surface area contributed by atoms with Crippen LogP contribution in [0.2, 0.25) is 5.02 Å². The Balaban J connectivity index is 1.30. The van der Waals surface area contributed by atoms with Crippen LogP contribution in [-0.4, -0.2) is 45.7 Å². The number of aromatic nitrogens is 1. The van der Waals surface area contributed by atoms with Crippen LogP contribution in [-0.2, 0) is 16.1 Å². The maximum Gasteiger partial charge on any atom is 0.314 e. The van der Waals surface area contributed by atoms with Crippen molar-refractivity contribution in [2.75, 3.05) is 13.2 Å². The molecule has 0 fully saturated rings. The zero-order valence-corrected chi connectivity index (χ0v) is 24.6. The molecule has 0 aliphatic carbocycles. The number of hydrogen-bond acceptors (Lipinski definition) is 5. The van der Waals surface area contributed by atoms with E-state index in [0.717, 1.165) is 29.3 Å². The Morgan fingerprint density at radius 2 is 1.63 bits per heavy atom. The number of halogens is 1. The standard InChI is InChI=1S/C34H34ClNO7/c1-23(37)26-7-4-9-30(35)33(26)43-22-3-2-21-42-25-15-12-24(13-16-25)14-17-29(34(40)41)27-8-5-10-31-28(27)18-20-36(31)19-6-11-32(38)39/h4-5,7-10,12-18,20,29H,2-3,6,11,19,21-22H2,1H3,(H,38,39)(H,40,41). The third-order valence-corrected chi connectivity index (χ3v) is 7.30. The molecule has 3 aromatic carbocycles. The molecule has 43 heavy (non-hydrogen) atoms. The van der Waals surface area contributed by atoms with Crippen molar-refractivity contribution in [3.8, 4) is 11.5 Å². The summed E-state index contributed by atoms with van der Waals surface area (Å²) in [6, 6.07) is 20.0. The van der Waals surface area contributed by atoms with E-state index in [1.807, 2.05) is 59.3 Å². The summed E-state index contributed by atoms with van der Waals surface area (Å²) in [5.41, 5.74) is 2.86. The van der Waals surface area contributed by atoms with Gasteiger partial charge in [0.05, 0.1) is 23.8 Å². The van der Waals surface area contributed by atoms with Gasteiger partial charge in [0.25, 0.3) is 0 Å². The number of nitrogens with zero attached hydrogens (tertiary/aromatic N) is 1. The lowest BCUT2D eigenvalue weighted by Crippen LogP contribution is -2.09. The molecule has 4 rings (SSSR count). The highest BCUT2D eigenvalue weighted by Gasteiger charge is 2.20. The fourth-order valence-electron chi connectivity index (χ4n) is 4.82. The van der Waals surface area contributed by atoms with Crippen LogP contribution in [0, 0.1) is 0 Å². The zero-order valence-electron chi connectivity index (χ0n) is 23.9. The first kappa shape index (κ1) is 31.4. The second-order valence-corrected chi connectivity index (χ2v) is 10.5. The summed E-state index contributed by atoms with van der Waals surface area (Å²) in [6.45, 7) is 2.92. The van der Waals surface area contributed by atoms with Crippen LogP contribution in [0.15, 0.2) is 79.0 Å². The molecule has 0 spiro atoms. The van der Waals surface area contributed by atoms with Gasteiger partial charge < -0.3 is 24.3 Å². The topological polar surface area (TPSA) is 115 Å². The van der Waals surface area contributed by atoms with Gasteiger partial charge in [-0.1, -0.05) is 54.1 Å². The fraction of sp³-hybridized carbons (Fsp3) is 0.265. The molecule has 4 aromatic rings. The van der Waals surface area contributed by atoms with E-state index in [4.69, 9.17) is 26.2 Å². The minimum absolute atomic E-state index is 0.0764. The molecule has 1 heterocycles. The number of carboxylic acid groups (broad SMARTS) is 2. The molecule has 224 valence electrons. The van der Waals surface area contributed by atoms with E-state index >= 15 is 0 Å².